The molecular weight excluding hydrogens is 690 g/mol. The molecule has 54 heavy (non-hydrogen) atoms. The molecule has 6 unspecified atom stereocenters. The highest BCUT2D eigenvalue weighted by Crippen LogP contribution is 2.36. The first-order valence-corrected chi connectivity index (χ1v) is 17.5. The van der Waals surface area contributed by atoms with E-state index in [1.165, 1.54) is 12.1 Å². The lowest BCUT2D eigenvalue weighted by Gasteiger charge is -2.48. The van der Waals surface area contributed by atoms with Crippen LogP contribution >= 0.6 is 0 Å². The topological polar surface area (TPSA) is 138 Å². The minimum atomic E-state index is -1.85. The zero-order valence-corrected chi connectivity index (χ0v) is 29.0. The Hall–Kier alpha value is -5.98. The van der Waals surface area contributed by atoms with E-state index in [0.29, 0.717) is 0 Å². The van der Waals surface area contributed by atoms with Crippen LogP contribution in [-0.2, 0) is 36.9 Å². The summed E-state index contributed by atoms with van der Waals surface area (Å²) in [7, 11) is 0. The van der Waals surface area contributed by atoms with Crippen molar-refractivity contribution in [1.82, 2.24) is 4.90 Å². The minimum absolute atomic E-state index is 0.00462. The summed E-state index contributed by atoms with van der Waals surface area (Å²) in [6, 6.07) is 40.0. The highest BCUT2D eigenvalue weighted by Gasteiger charge is 2.56. The number of carbonyl (C=O) groups is 4. The Labute approximate surface area is 311 Å². The van der Waals surface area contributed by atoms with E-state index in [1.807, 2.05) is 60.7 Å². The maximum Gasteiger partial charge on any atom is 0.338 e. The van der Waals surface area contributed by atoms with Gasteiger partial charge < -0.3 is 28.8 Å². The Morgan fingerprint density at radius 2 is 1.06 bits per heavy atom. The van der Waals surface area contributed by atoms with E-state index >= 15 is 0 Å². The fourth-order valence-electron chi connectivity index (χ4n) is 6.62. The van der Waals surface area contributed by atoms with Crippen LogP contribution in [0.3, 0.4) is 0 Å². The smallest absolute Gasteiger partial charge is 0.338 e. The summed E-state index contributed by atoms with van der Waals surface area (Å²) in [5, 5.41) is 11.9. The second-order valence-corrected chi connectivity index (χ2v) is 12.8. The van der Waals surface area contributed by atoms with Gasteiger partial charge in [0.2, 0.25) is 0 Å². The van der Waals surface area contributed by atoms with Gasteiger partial charge in [-0.1, -0.05) is 109 Å². The first-order chi connectivity index (χ1) is 26.4. The fourth-order valence-corrected chi connectivity index (χ4v) is 6.62. The molecule has 6 atom stereocenters. The molecule has 5 aromatic rings. The van der Waals surface area contributed by atoms with Crippen LogP contribution in [0.2, 0.25) is 0 Å². The van der Waals surface area contributed by atoms with Crippen LogP contribution in [0.5, 0.6) is 0 Å². The highest BCUT2D eigenvalue weighted by molar-refractivity contribution is 6.21. The molecule has 11 nitrogen and oxygen atoms in total. The van der Waals surface area contributed by atoms with E-state index in [1.54, 1.807) is 72.8 Å². The van der Waals surface area contributed by atoms with Crippen LogP contribution in [0.4, 0.5) is 0 Å². The van der Waals surface area contributed by atoms with Crippen LogP contribution < -0.4 is 0 Å². The molecule has 1 saturated heterocycles. The van der Waals surface area contributed by atoms with Crippen LogP contribution in [0.25, 0.3) is 0 Å². The van der Waals surface area contributed by atoms with Crippen molar-refractivity contribution in [3.8, 4) is 0 Å². The van der Waals surface area contributed by atoms with Crippen molar-refractivity contribution in [3.05, 3.63) is 179 Å². The zero-order chi connectivity index (χ0) is 37.4. The van der Waals surface area contributed by atoms with Crippen molar-refractivity contribution in [1.29, 1.82) is 0 Å². The van der Waals surface area contributed by atoms with Gasteiger partial charge in [-0.05, 0) is 47.5 Å². The Morgan fingerprint density at radius 3 is 1.57 bits per heavy atom. The summed E-state index contributed by atoms with van der Waals surface area (Å²) in [6.07, 6.45) is -7.01. The number of hydrogen-bond acceptors (Lipinski definition) is 10. The molecule has 0 bridgehead atoms. The third-order valence-corrected chi connectivity index (χ3v) is 9.29. The molecule has 2 aliphatic rings. The average molecular weight is 728 g/mol. The summed E-state index contributed by atoms with van der Waals surface area (Å²) in [4.78, 5) is 55.5. The van der Waals surface area contributed by atoms with Gasteiger partial charge in [0.05, 0.1) is 35.5 Å². The van der Waals surface area contributed by atoms with Gasteiger partial charge in [-0.25, -0.2) is 9.59 Å². The number of nitrogens with zero attached hydrogens (tertiary/aromatic N) is 1. The van der Waals surface area contributed by atoms with Gasteiger partial charge >= 0.3 is 11.9 Å². The maximum absolute atomic E-state index is 13.9. The lowest BCUT2D eigenvalue weighted by Crippen LogP contribution is -2.68. The number of imide groups is 1. The molecule has 274 valence electrons. The average Bonchev–Trinajstić information content (AvgIpc) is 3.47. The number of hydrogen-bond donors (Lipinski definition) is 1. The van der Waals surface area contributed by atoms with E-state index in [4.69, 9.17) is 23.7 Å². The van der Waals surface area contributed by atoms with Crippen molar-refractivity contribution < 1.29 is 48.0 Å². The number of carbonyl (C=O) groups excluding carboxylic acids is 4. The van der Waals surface area contributed by atoms with Crippen LogP contribution in [0, 0.1) is 0 Å². The van der Waals surface area contributed by atoms with Crippen LogP contribution in [0.1, 0.15) is 52.6 Å². The van der Waals surface area contributed by atoms with Gasteiger partial charge in [0.1, 0.15) is 31.0 Å². The maximum atomic E-state index is 13.9. The van der Waals surface area contributed by atoms with Crippen molar-refractivity contribution in [2.24, 2.45) is 0 Å². The zero-order valence-electron chi connectivity index (χ0n) is 29.0. The van der Waals surface area contributed by atoms with Crippen LogP contribution in [0.15, 0.2) is 146 Å². The summed E-state index contributed by atoms with van der Waals surface area (Å²) >= 11 is 0. The lowest BCUT2D eigenvalue weighted by atomic mass is 9.91. The summed E-state index contributed by atoms with van der Waals surface area (Å²) in [5.74, 6) is -2.71. The van der Waals surface area contributed by atoms with Gasteiger partial charge in [0.15, 0.2) is 12.4 Å². The fraction of sp³-hybridized carbons (Fsp3) is 0.209. The van der Waals surface area contributed by atoms with Gasteiger partial charge in [0, 0.05) is 0 Å². The number of amides is 2. The molecule has 7 rings (SSSR count). The van der Waals surface area contributed by atoms with Crippen molar-refractivity contribution in [2.45, 2.75) is 50.0 Å². The molecule has 2 amide bonds. The normalized spacial score (nSPS) is 21.3. The second kappa shape index (κ2) is 16.8. The monoisotopic (exact) mass is 727 g/mol. The molecule has 1 fully saturated rings. The Balaban J connectivity index is 1.28. The standard InChI is InChI=1S/C43H37NO10/c45-39-32-23-13-14-24-33(32)40(46)44(39)35-37(50-25-28-15-5-1-6-16-28)38(51-26-29-17-7-2-8-18-29)36(54-43(35)49)34(53-42(48)31-21-11-4-12-22-31)27-52-41(47)30-19-9-3-10-20-30/h1-24,34-38,43,49H,25-27H2. The number of fused-ring (bicyclic) bond motifs is 1. The second-order valence-electron chi connectivity index (χ2n) is 12.8. The number of aliphatic hydroxyl groups excluding tert-OH is 1. The molecule has 5 aromatic carbocycles. The van der Waals surface area contributed by atoms with E-state index in [0.717, 1.165) is 16.0 Å². The van der Waals surface area contributed by atoms with Crippen LogP contribution in [-0.4, -0.2) is 77.1 Å². The first kappa shape index (κ1) is 36.4. The Kier molecular flexibility index (Phi) is 11.3. The highest BCUT2D eigenvalue weighted by atomic mass is 16.7. The van der Waals surface area contributed by atoms with Gasteiger partial charge in [-0.2, -0.15) is 0 Å². The minimum Gasteiger partial charge on any atom is -0.458 e. The van der Waals surface area contributed by atoms with Gasteiger partial charge in [-0.15, -0.1) is 0 Å². The van der Waals surface area contributed by atoms with E-state index in [2.05, 4.69) is 0 Å². The van der Waals surface area contributed by atoms with Gasteiger partial charge in [0.25, 0.3) is 11.8 Å². The molecule has 11 heteroatoms. The summed E-state index contributed by atoms with van der Waals surface area (Å²) < 4.78 is 31.1. The summed E-state index contributed by atoms with van der Waals surface area (Å²) in [5.41, 5.74) is 2.36. The number of aliphatic hydroxyl groups is 1. The molecule has 0 aromatic heterocycles. The van der Waals surface area contributed by atoms with E-state index in [-0.39, 0.29) is 35.5 Å². The largest absolute Gasteiger partial charge is 0.458 e. The predicted molar refractivity (Wildman–Crippen MR) is 194 cm³/mol. The molecule has 1 N–H and O–H groups in total. The quantitative estimate of drug-likeness (QED) is 0.120. The number of esters is 2. The number of benzene rings is 5. The molecule has 0 aliphatic carbocycles. The molecule has 0 saturated carbocycles. The van der Waals surface area contributed by atoms with Crippen molar-refractivity contribution >= 4 is 23.8 Å². The lowest BCUT2D eigenvalue weighted by molar-refractivity contribution is -0.295. The number of ether oxygens (including phenoxy) is 5. The molecular formula is C43H37NO10. The molecule has 0 radical (unpaired) electrons. The van der Waals surface area contributed by atoms with Crippen molar-refractivity contribution in [3.63, 3.8) is 0 Å². The number of rotatable bonds is 13. The Bertz CT molecular complexity index is 2030. The first-order valence-electron chi connectivity index (χ1n) is 17.5. The van der Waals surface area contributed by atoms with Gasteiger partial charge in [-0.3, -0.25) is 14.5 Å². The molecule has 2 heterocycles. The van der Waals surface area contributed by atoms with E-state index in [9.17, 15) is 24.3 Å². The van der Waals surface area contributed by atoms with E-state index < -0.39 is 67.1 Å². The predicted octanol–water partition coefficient (Wildman–Crippen LogP) is 5.62. The third kappa shape index (κ3) is 7.99. The SMILES string of the molecule is O=C(OCC(OC(=O)c1ccccc1)C1OC(O)C(N2C(=O)c3ccccc3C2=O)C(OCc2ccccc2)C1OCc1ccccc1)c1ccccc1. The van der Waals surface area contributed by atoms with Crippen molar-refractivity contribution in [2.75, 3.05) is 6.61 Å². The summed E-state index contributed by atoms with van der Waals surface area (Å²) in [6.45, 7) is -0.504. The Morgan fingerprint density at radius 1 is 0.611 bits per heavy atom. The molecule has 0 spiro atoms. The molecule has 2 aliphatic heterocycles. The third-order valence-electron chi connectivity index (χ3n) is 9.29.